The second kappa shape index (κ2) is 4.46. The molecule has 0 radical (unpaired) electrons. The summed E-state index contributed by atoms with van der Waals surface area (Å²) in [5.41, 5.74) is 3.49. The summed E-state index contributed by atoms with van der Waals surface area (Å²) in [5.74, 6) is 0.463. The molecule has 0 aliphatic carbocycles. The second-order valence-electron chi connectivity index (χ2n) is 4.30. The zero-order chi connectivity index (χ0) is 11.9. The van der Waals surface area contributed by atoms with Crippen LogP contribution in [0.15, 0.2) is 27.1 Å². The van der Waals surface area contributed by atoms with Crippen LogP contribution in [0, 0.1) is 6.92 Å². The molecule has 0 saturated heterocycles. The van der Waals surface area contributed by atoms with Gasteiger partial charge in [-0.3, -0.25) is 4.98 Å². The molecule has 0 fully saturated rings. The van der Waals surface area contributed by atoms with Gasteiger partial charge in [-0.15, -0.1) is 0 Å². The highest BCUT2D eigenvalue weighted by atomic mass is 79.9. The van der Waals surface area contributed by atoms with E-state index < -0.39 is 0 Å². The molecule has 0 unspecified atom stereocenters. The second-order valence-corrected chi connectivity index (χ2v) is 6.01. The molecule has 0 saturated carbocycles. The first-order valence-corrected chi connectivity index (χ1v) is 6.84. The molecule has 0 N–H and O–H groups in total. The summed E-state index contributed by atoms with van der Waals surface area (Å²) < 4.78 is 2.12. The van der Waals surface area contributed by atoms with E-state index in [1.165, 1.54) is 10.9 Å². The van der Waals surface area contributed by atoms with Crippen molar-refractivity contribution >= 4 is 42.8 Å². The monoisotopic (exact) mass is 341 g/mol. The Morgan fingerprint density at radius 2 is 1.69 bits per heavy atom. The number of hydrogen-bond donors (Lipinski definition) is 0. The lowest BCUT2D eigenvalue weighted by Gasteiger charge is -2.10. The van der Waals surface area contributed by atoms with Crippen LogP contribution in [0.2, 0.25) is 0 Å². The minimum atomic E-state index is 0.463. The van der Waals surface area contributed by atoms with Gasteiger partial charge in [0, 0.05) is 20.0 Å². The van der Waals surface area contributed by atoms with Gasteiger partial charge >= 0.3 is 0 Å². The molecule has 2 aromatic rings. The van der Waals surface area contributed by atoms with Crippen LogP contribution < -0.4 is 0 Å². The summed E-state index contributed by atoms with van der Waals surface area (Å²) in [6.45, 7) is 6.47. The van der Waals surface area contributed by atoms with Crippen molar-refractivity contribution in [2.45, 2.75) is 26.7 Å². The Bertz CT molecular complexity index is 547. The molecule has 16 heavy (non-hydrogen) atoms. The Morgan fingerprint density at radius 3 is 2.31 bits per heavy atom. The Kier molecular flexibility index (Phi) is 3.36. The van der Waals surface area contributed by atoms with Gasteiger partial charge in [-0.1, -0.05) is 13.8 Å². The molecular formula is C13H13Br2N. The van der Waals surface area contributed by atoms with Gasteiger partial charge in [-0.05, 0) is 68.5 Å². The summed E-state index contributed by atoms with van der Waals surface area (Å²) in [6, 6.07) is 6.36. The summed E-state index contributed by atoms with van der Waals surface area (Å²) in [5, 5.41) is 1.21. The van der Waals surface area contributed by atoms with E-state index in [-0.39, 0.29) is 0 Å². The van der Waals surface area contributed by atoms with Gasteiger partial charge in [-0.2, -0.15) is 0 Å². The maximum atomic E-state index is 4.69. The smallest absolute Gasteiger partial charge is 0.0720 e. The normalized spacial score (nSPS) is 11.4. The number of benzene rings is 1. The summed E-state index contributed by atoms with van der Waals surface area (Å²) in [4.78, 5) is 4.69. The van der Waals surface area contributed by atoms with Crippen LogP contribution in [-0.4, -0.2) is 4.98 Å². The van der Waals surface area contributed by atoms with Gasteiger partial charge in [0.1, 0.15) is 0 Å². The van der Waals surface area contributed by atoms with Crippen LogP contribution in [0.5, 0.6) is 0 Å². The molecule has 3 heteroatoms. The minimum absolute atomic E-state index is 0.463. The number of aromatic nitrogens is 1. The first kappa shape index (κ1) is 12.1. The first-order valence-electron chi connectivity index (χ1n) is 5.25. The van der Waals surface area contributed by atoms with Crippen molar-refractivity contribution in [1.29, 1.82) is 0 Å². The van der Waals surface area contributed by atoms with Gasteiger partial charge in [-0.25, -0.2) is 0 Å². The van der Waals surface area contributed by atoms with E-state index in [2.05, 4.69) is 75.8 Å². The van der Waals surface area contributed by atoms with Crippen LogP contribution in [-0.2, 0) is 0 Å². The van der Waals surface area contributed by atoms with Gasteiger partial charge in [0.25, 0.3) is 0 Å². The van der Waals surface area contributed by atoms with Crippen LogP contribution in [0.3, 0.4) is 0 Å². The number of aryl methyl sites for hydroxylation is 1. The largest absolute Gasteiger partial charge is 0.253 e. The Hall–Kier alpha value is -0.410. The molecule has 0 aliphatic rings. The quantitative estimate of drug-likeness (QED) is 0.694. The molecule has 0 amide bonds. The van der Waals surface area contributed by atoms with E-state index in [9.17, 15) is 0 Å². The zero-order valence-corrected chi connectivity index (χ0v) is 12.7. The number of fused-ring (bicyclic) bond motifs is 1. The standard InChI is InChI=1S/C13H13Br2N/c1-7(2)12-4-8(3)9-5-10(14)11(15)6-13(9)16-12/h4-7H,1-3H3. The average molecular weight is 343 g/mol. The average Bonchev–Trinajstić information content (AvgIpc) is 2.20. The topological polar surface area (TPSA) is 12.9 Å². The molecule has 0 bridgehead atoms. The minimum Gasteiger partial charge on any atom is -0.253 e. The van der Waals surface area contributed by atoms with Crippen molar-refractivity contribution in [2.24, 2.45) is 0 Å². The number of hydrogen-bond acceptors (Lipinski definition) is 1. The lowest BCUT2D eigenvalue weighted by Crippen LogP contribution is -1.95. The zero-order valence-electron chi connectivity index (χ0n) is 9.51. The van der Waals surface area contributed by atoms with Crippen LogP contribution in [0.25, 0.3) is 10.9 Å². The SMILES string of the molecule is Cc1cc(C(C)C)nc2cc(Br)c(Br)cc12. The number of halogens is 2. The van der Waals surface area contributed by atoms with Gasteiger partial charge in [0.05, 0.1) is 5.52 Å². The summed E-state index contributed by atoms with van der Waals surface area (Å²) in [7, 11) is 0. The molecule has 84 valence electrons. The number of pyridine rings is 1. The Labute approximate surface area is 113 Å². The lowest BCUT2D eigenvalue weighted by molar-refractivity contribution is 0.828. The third-order valence-electron chi connectivity index (χ3n) is 2.67. The fourth-order valence-electron chi connectivity index (χ4n) is 1.71. The van der Waals surface area contributed by atoms with E-state index in [1.54, 1.807) is 0 Å². The van der Waals surface area contributed by atoms with E-state index in [0.29, 0.717) is 5.92 Å². The van der Waals surface area contributed by atoms with Gasteiger partial charge in [0.2, 0.25) is 0 Å². The van der Waals surface area contributed by atoms with E-state index in [1.807, 2.05) is 0 Å². The molecule has 1 heterocycles. The molecule has 0 atom stereocenters. The number of rotatable bonds is 1. The highest BCUT2D eigenvalue weighted by Gasteiger charge is 2.08. The maximum absolute atomic E-state index is 4.69. The van der Waals surface area contributed by atoms with Crippen molar-refractivity contribution in [2.75, 3.05) is 0 Å². The van der Waals surface area contributed by atoms with Crippen LogP contribution in [0.1, 0.15) is 31.0 Å². The first-order chi connectivity index (χ1) is 7.49. The van der Waals surface area contributed by atoms with E-state index in [0.717, 1.165) is 20.2 Å². The third-order valence-corrected chi connectivity index (χ3v) is 4.51. The number of nitrogens with zero attached hydrogens (tertiary/aromatic N) is 1. The van der Waals surface area contributed by atoms with Gasteiger partial charge in [0.15, 0.2) is 0 Å². The van der Waals surface area contributed by atoms with Crippen molar-refractivity contribution in [3.63, 3.8) is 0 Å². The van der Waals surface area contributed by atoms with Crippen LogP contribution in [0.4, 0.5) is 0 Å². The predicted molar refractivity (Wildman–Crippen MR) is 76.0 cm³/mol. The highest BCUT2D eigenvalue weighted by Crippen LogP contribution is 2.30. The lowest BCUT2D eigenvalue weighted by atomic mass is 10.0. The van der Waals surface area contributed by atoms with Crippen molar-refractivity contribution in [3.8, 4) is 0 Å². The Morgan fingerprint density at radius 1 is 1.06 bits per heavy atom. The summed E-state index contributed by atoms with van der Waals surface area (Å²) >= 11 is 7.04. The molecule has 1 aromatic heterocycles. The molecule has 0 aliphatic heterocycles. The molecule has 1 aromatic carbocycles. The van der Waals surface area contributed by atoms with Gasteiger partial charge < -0.3 is 0 Å². The maximum Gasteiger partial charge on any atom is 0.0720 e. The molecule has 0 spiro atoms. The van der Waals surface area contributed by atoms with Crippen molar-refractivity contribution in [1.82, 2.24) is 4.98 Å². The fraction of sp³-hybridized carbons (Fsp3) is 0.308. The molecule has 1 nitrogen and oxygen atoms in total. The highest BCUT2D eigenvalue weighted by molar-refractivity contribution is 9.13. The van der Waals surface area contributed by atoms with Crippen molar-refractivity contribution < 1.29 is 0 Å². The fourth-order valence-corrected chi connectivity index (χ4v) is 2.39. The third kappa shape index (κ3) is 2.16. The van der Waals surface area contributed by atoms with Crippen molar-refractivity contribution in [3.05, 3.63) is 38.4 Å². The predicted octanol–water partition coefficient (Wildman–Crippen LogP) is 5.19. The molecule has 2 rings (SSSR count). The van der Waals surface area contributed by atoms with E-state index >= 15 is 0 Å². The Balaban J connectivity index is 2.77. The van der Waals surface area contributed by atoms with Crippen LogP contribution >= 0.6 is 31.9 Å². The summed E-state index contributed by atoms with van der Waals surface area (Å²) in [6.07, 6.45) is 0. The molecular weight excluding hydrogens is 330 g/mol. The van der Waals surface area contributed by atoms with E-state index in [4.69, 9.17) is 0 Å².